The molecule has 5 heteroatoms. The Morgan fingerprint density at radius 1 is 1.45 bits per heavy atom. The summed E-state index contributed by atoms with van der Waals surface area (Å²) in [4.78, 5) is 12.3. The normalized spacial score (nSPS) is 32.1. The second-order valence-electron chi connectivity index (χ2n) is 5.51. The third kappa shape index (κ3) is 2.44. The van der Waals surface area contributed by atoms with Crippen LogP contribution in [-0.4, -0.2) is 42.9 Å². The van der Waals surface area contributed by atoms with Gasteiger partial charge < -0.3 is 20.5 Å². The zero-order chi connectivity index (χ0) is 14.1. The molecule has 1 fully saturated rings. The second-order valence-corrected chi connectivity index (χ2v) is 5.51. The van der Waals surface area contributed by atoms with E-state index in [1.807, 2.05) is 24.3 Å². The lowest BCUT2D eigenvalue weighted by Crippen LogP contribution is -2.44. The summed E-state index contributed by atoms with van der Waals surface area (Å²) < 4.78 is 5.25. The highest BCUT2D eigenvalue weighted by Gasteiger charge is 2.35. The number of hydrogen-bond acceptors (Lipinski definition) is 4. The third-order valence-electron chi connectivity index (χ3n) is 4.24. The number of amides is 1. The summed E-state index contributed by atoms with van der Waals surface area (Å²) in [5, 5.41) is 16.3. The van der Waals surface area contributed by atoms with Crippen molar-refractivity contribution in [2.75, 3.05) is 13.7 Å². The summed E-state index contributed by atoms with van der Waals surface area (Å²) in [7, 11) is 1.66. The standard InChI is InChI=1S/C15H20N2O3/c1-20-10-7-12(16-8-10)15(19)17-14-11-5-3-2-4-9(11)6-13(14)18/h2-5,10,12-14,16,18H,6-8H2,1H3,(H,17,19)/t10?,12?,13-,14+/m0/s1. The molecule has 1 saturated heterocycles. The molecule has 4 atom stereocenters. The molecular formula is C15H20N2O3. The van der Waals surface area contributed by atoms with Gasteiger partial charge in [0.2, 0.25) is 5.91 Å². The van der Waals surface area contributed by atoms with Crippen LogP contribution in [0.25, 0.3) is 0 Å². The minimum atomic E-state index is -0.545. The van der Waals surface area contributed by atoms with Crippen LogP contribution in [-0.2, 0) is 16.0 Å². The number of aliphatic hydroxyl groups is 1. The van der Waals surface area contributed by atoms with Crippen molar-refractivity contribution in [2.24, 2.45) is 0 Å². The van der Waals surface area contributed by atoms with Crippen LogP contribution in [0.1, 0.15) is 23.6 Å². The van der Waals surface area contributed by atoms with Gasteiger partial charge in [-0.25, -0.2) is 0 Å². The average molecular weight is 276 g/mol. The lowest BCUT2D eigenvalue weighted by Gasteiger charge is -2.20. The predicted molar refractivity (Wildman–Crippen MR) is 74.2 cm³/mol. The van der Waals surface area contributed by atoms with Gasteiger partial charge in [-0.15, -0.1) is 0 Å². The van der Waals surface area contributed by atoms with Gasteiger partial charge in [0.15, 0.2) is 0 Å². The molecule has 1 aliphatic carbocycles. The number of rotatable bonds is 3. The lowest BCUT2D eigenvalue weighted by atomic mass is 10.1. The molecule has 2 aliphatic rings. The summed E-state index contributed by atoms with van der Waals surface area (Å²) in [5.74, 6) is -0.0645. The second kappa shape index (κ2) is 5.52. The van der Waals surface area contributed by atoms with Crippen molar-refractivity contribution < 1.29 is 14.6 Å². The summed E-state index contributed by atoms with van der Waals surface area (Å²) in [6.07, 6.45) is 0.815. The largest absolute Gasteiger partial charge is 0.390 e. The van der Waals surface area contributed by atoms with Gasteiger partial charge in [0, 0.05) is 20.1 Å². The first kappa shape index (κ1) is 13.5. The fourth-order valence-corrected chi connectivity index (χ4v) is 3.08. The Kier molecular flexibility index (Phi) is 3.74. The van der Waals surface area contributed by atoms with Gasteiger partial charge in [-0.05, 0) is 17.5 Å². The minimum absolute atomic E-state index is 0.0645. The van der Waals surface area contributed by atoms with Crippen molar-refractivity contribution in [1.82, 2.24) is 10.6 Å². The molecule has 1 amide bonds. The van der Waals surface area contributed by atoms with E-state index >= 15 is 0 Å². The van der Waals surface area contributed by atoms with Gasteiger partial charge in [-0.2, -0.15) is 0 Å². The zero-order valence-electron chi connectivity index (χ0n) is 11.5. The molecule has 0 radical (unpaired) electrons. The van der Waals surface area contributed by atoms with Gasteiger partial charge in [0.25, 0.3) is 0 Å². The van der Waals surface area contributed by atoms with E-state index in [0.29, 0.717) is 19.4 Å². The van der Waals surface area contributed by atoms with Gasteiger partial charge in [-0.3, -0.25) is 4.79 Å². The van der Waals surface area contributed by atoms with Crippen LogP contribution < -0.4 is 10.6 Å². The van der Waals surface area contributed by atoms with Crippen molar-refractivity contribution in [3.63, 3.8) is 0 Å². The number of carbonyl (C=O) groups excluding carboxylic acids is 1. The van der Waals surface area contributed by atoms with Crippen LogP contribution in [0.2, 0.25) is 0 Å². The molecule has 0 saturated carbocycles. The monoisotopic (exact) mass is 276 g/mol. The van der Waals surface area contributed by atoms with E-state index < -0.39 is 6.10 Å². The Labute approximate surface area is 118 Å². The van der Waals surface area contributed by atoms with E-state index in [1.54, 1.807) is 7.11 Å². The molecule has 0 spiro atoms. The van der Waals surface area contributed by atoms with Crippen molar-refractivity contribution >= 4 is 5.91 Å². The van der Waals surface area contributed by atoms with Crippen LogP contribution in [0.4, 0.5) is 0 Å². The van der Waals surface area contributed by atoms with E-state index in [2.05, 4.69) is 10.6 Å². The summed E-state index contributed by atoms with van der Waals surface area (Å²) in [6, 6.07) is 7.32. The molecule has 5 nitrogen and oxygen atoms in total. The molecule has 1 aromatic carbocycles. The maximum Gasteiger partial charge on any atom is 0.237 e. The van der Waals surface area contributed by atoms with Gasteiger partial charge >= 0.3 is 0 Å². The number of hydrogen-bond donors (Lipinski definition) is 3. The number of aliphatic hydroxyl groups excluding tert-OH is 1. The van der Waals surface area contributed by atoms with E-state index in [-0.39, 0.29) is 24.1 Å². The van der Waals surface area contributed by atoms with Crippen LogP contribution in [0.15, 0.2) is 24.3 Å². The van der Waals surface area contributed by atoms with Gasteiger partial charge in [0.1, 0.15) is 0 Å². The lowest BCUT2D eigenvalue weighted by molar-refractivity contribution is -0.124. The van der Waals surface area contributed by atoms with Gasteiger partial charge in [-0.1, -0.05) is 24.3 Å². The molecule has 1 heterocycles. The maximum absolute atomic E-state index is 12.3. The molecule has 0 bridgehead atoms. The first-order valence-corrected chi connectivity index (χ1v) is 7.01. The Morgan fingerprint density at radius 2 is 2.25 bits per heavy atom. The Bertz CT molecular complexity index is 506. The summed E-state index contributed by atoms with van der Waals surface area (Å²) >= 11 is 0. The summed E-state index contributed by atoms with van der Waals surface area (Å²) in [6.45, 7) is 0.693. The highest BCUT2D eigenvalue weighted by atomic mass is 16.5. The molecule has 0 aromatic heterocycles. The first-order valence-electron chi connectivity index (χ1n) is 7.01. The Morgan fingerprint density at radius 3 is 3.00 bits per heavy atom. The van der Waals surface area contributed by atoms with E-state index in [9.17, 15) is 9.90 Å². The summed E-state index contributed by atoms with van der Waals surface area (Å²) in [5.41, 5.74) is 2.13. The first-order chi connectivity index (χ1) is 9.69. The molecule has 1 aromatic rings. The highest BCUT2D eigenvalue weighted by molar-refractivity contribution is 5.82. The average Bonchev–Trinajstić information content (AvgIpc) is 3.04. The Hall–Kier alpha value is -1.43. The number of nitrogens with one attached hydrogen (secondary N) is 2. The highest BCUT2D eigenvalue weighted by Crippen LogP contribution is 2.31. The molecule has 3 N–H and O–H groups in total. The minimum Gasteiger partial charge on any atom is -0.390 e. The number of benzene rings is 1. The quantitative estimate of drug-likeness (QED) is 0.734. The van der Waals surface area contributed by atoms with Crippen molar-refractivity contribution in [3.8, 4) is 0 Å². The van der Waals surface area contributed by atoms with Crippen molar-refractivity contribution in [3.05, 3.63) is 35.4 Å². The number of ether oxygens (including phenoxy) is 1. The van der Waals surface area contributed by atoms with Crippen LogP contribution in [0.5, 0.6) is 0 Å². The van der Waals surface area contributed by atoms with E-state index in [0.717, 1.165) is 11.1 Å². The molecule has 3 rings (SSSR count). The number of fused-ring (bicyclic) bond motifs is 1. The SMILES string of the molecule is COC1CNC(C(=O)N[C@@H]2c3ccccc3C[C@@H]2O)C1. The van der Waals surface area contributed by atoms with Crippen LogP contribution in [0, 0.1) is 0 Å². The smallest absolute Gasteiger partial charge is 0.237 e. The predicted octanol–water partition coefficient (Wildman–Crippen LogP) is 0.138. The Balaban J connectivity index is 1.67. The molecular weight excluding hydrogens is 256 g/mol. The van der Waals surface area contributed by atoms with Crippen LogP contribution in [0.3, 0.4) is 0 Å². The zero-order valence-corrected chi connectivity index (χ0v) is 11.5. The van der Waals surface area contributed by atoms with Crippen molar-refractivity contribution in [2.45, 2.75) is 37.1 Å². The topological polar surface area (TPSA) is 70.6 Å². The molecule has 2 unspecified atom stereocenters. The number of carbonyl (C=O) groups is 1. The van der Waals surface area contributed by atoms with E-state index in [4.69, 9.17) is 4.74 Å². The fraction of sp³-hybridized carbons (Fsp3) is 0.533. The molecule has 1 aliphatic heterocycles. The molecule has 108 valence electrons. The third-order valence-corrected chi connectivity index (χ3v) is 4.24. The fourth-order valence-electron chi connectivity index (χ4n) is 3.08. The maximum atomic E-state index is 12.3. The molecule has 20 heavy (non-hydrogen) atoms. The van der Waals surface area contributed by atoms with Crippen LogP contribution >= 0.6 is 0 Å². The number of methoxy groups -OCH3 is 1. The van der Waals surface area contributed by atoms with Crippen molar-refractivity contribution in [1.29, 1.82) is 0 Å². The van der Waals surface area contributed by atoms with Gasteiger partial charge in [0.05, 0.1) is 24.3 Å². The van der Waals surface area contributed by atoms with E-state index in [1.165, 1.54) is 0 Å².